The number of halogens is 2. The molecule has 0 saturated heterocycles. The van der Waals surface area contributed by atoms with E-state index in [1.165, 1.54) is 0 Å². The van der Waals surface area contributed by atoms with Gasteiger partial charge in [-0.05, 0) is 28.7 Å². The fourth-order valence-electron chi connectivity index (χ4n) is 0.870. The standard InChI is InChI=1S/C8H7FINO/c9-6-4-7(6)12-8-3-5(10)1-2-11-8/h1-3,6-7H,4H2. The molecule has 1 aromatic rings. The van der Waals surface area contributed by atoms with Gasteiger partial charge in [-0.15, -0.1) is 0 Å². The van der Waals surface area contributed by atoms with Gasteiger partial charge in [0.15, 0.2) is 0 Å². The molecule has 2 nitrogen and oxygen atoms in total. The summed E-state index contributed by atoms with van der Waals surface area (Å²) in [4.78, 5) is 3.96. The molecular weight excluding hydrogens is 272 g/mol. The molecular formula is C8H7FINO. The first-order valence-corrected chi connectivity index (χ1v) is 4.76. The van der Waals surface area contributed by atoms with Gasteiger partial charge in [0, 0.05) is 22.3 Å². The molecule has 1 aliphatic rings. The minimum atomic E-state index is -0.787. The molecule has 1 fully saturated rings. The summed E-state index contributed by atoms with van der Waals surface area (Å²) in [7, 11) is 0. The summed E-state index contributed by atoms with van der Waals surface area (Å²) < 4.78 is 18.7. The zero-order valence-electron chi connectivity index (χ0n) is 6.21. The monoisotopic (exact) mass is 279 g/mol. The molecule has 64 valence electrons. The normalized spacial score (nSPS) is 26.8. The van der Waals surface area contributed by atoms with Crippen LogP contribution in [0.5, 0.6) is 5.88 Å². The number of hydrogen-bond donors (Lipinski definition) is 0. The van der Waals surface area contributed by atoms with Gasteiger partial charge in [0.05, 0.1) is 0 Å². The topological polar surface area (TPSA) is 22.1 Å². The lowest BCUT2D eigenvalue weighted by Gasteiger charge is -2.01. The van der Waals surface area contributed by atoms with E-state index in [1.807, 2.05) is 6.07 Å². The molecule has 1 heterocycles. The van der Waals surface area contributed by atoms with Gasteiger partial charge >= 0.3 is 0 Å². The summed E-state index contributed by atoms with van der Waals surface area (Å²) in [5.41, 5.74) is 0. The molecule has 0 aliphatic heterocycles. The number of hydrogen-bond acceptors (Lipinski definition) is 2. The smallest absolute Gasteiger partial charge is 0.214 e. The fraction of sp³-hybridized carbons (Fsp3) is 0.375. The number of nitrogens with zero attached hydrogens (tertiary/aromatic N) is 1. The van der Waals surface area contributed by atoms with E-state index in [-0.39, 0.29) is 6.10 Å². The van der Waals surface area contributed by atoms with E-state index in [2.05, 4.69) is 27.6 Å². The van der Waals surface area contributed by atoms with Crippen molar-refractivity contribution >= 4 is 22.6 Å². The second kappa shape index (κ2) is 3.16. The first kappa shape index (κ1) is 8.22. The molecule has 0 spiro atoms. The van der Waals surface area contributed by atoms with Crippen LogP contribution in [0.2, 0.25) is 0 Å². The third-order valence-electron chi connectivity index (χ3n) is 1.63. The van der Waals surface area contributed by atoms with Crippen molar-refractivity contribution < 1.29 is 9.13 Å². The second-order valence-electron chi connectivity index (χ2n) is 2.72. The van der Waals surface area contributed by atoms with Gasteiger partial charge in [-0.25, -0.2) is 9.37 Å². The van der Waals surface area contributed by atoms with Crippen LogP contribution in [-0.2, 0) is 0 Å². The molecule has 2 rings (SSSR count). The quantitative estimate of drug-likeness (QED) is 0.774. The first-order valence-electron chi connectivity index (χ1n) is 3.68. The molecule has 12 heavy (non-hydrogen) atoms. The van der Waals surface area contributed by atoms with Crippen molar-refractivity contribution in [2.45, 2.75) is 18.7 Å². The molecule has 1 aliphatic carbocycles. The van der Waals surface area contributed by atoms with Gasteiger partial charge < -0.3 is 4.74 Å². The maximum absolute atomic E-state index is 12.4. The largest absolute Gasteiger partial charge is 0.471 e. The number of aromatic nitrogens is 1. The van der Waals surface area contributed by atoms with Crippen molar-refractivity contribution in [3.63, 3.8) is 0 Å². The maximum atomic E-state index is 12.4. The SMILES string of the molecule is FC1CC1Oc1cc(I)ccn1. The van der Waals surface area contributed by atoms with Gasteiger partial charge in [-0.3, -0.25) is 0 Å². The van der Waals surface area contributed by atoms with Gasteiger partial charge in [-0.2, -0.15) is 0 Å². The second-order valence-corrected chi connectivity index (χ2v) is 3.97. The molecule has 2 unspecified atom stereocenters. The Bertz CT molecular complexity index is 294. The molecule has 0 N–H and O–H groups in total. The highest BCUT2D eigenvalue weighted by Gasteiger charge is 2.40. The van der Waals surface area contributed by atoms with Crippen LogP contribution in [0.25, 0.3) is 0 Å². The zero-order chi connectivity index (χ0) is 8.55. The Hall–Kier alpha value is -0.390. The van der Waals surface area contributed by atoms with Crippen molar-refractivity contribution in [2.24, 2.45) is 0 Å². The van der Waals surface area contributed by atoms with Crippen molar-refractivity contribution in [3.8, 4) is 5.88 Å². The Morgan fingerprint density at radius 2 is 2.42 bits per heavy atom. The molecule has 4 heteroatoms. The lowest BCUT2D eigenvalue weighted by Crippen LogP contribution is -2.01. The van der Waals surface area contributed by atoms with Crippen LogP contribution in [0.15, 0.2) is 18.3 Å². The molecule has 0 radical (unpaired) electrons. The predicted molar refractivity (Wildman–Crippen MR) is 50.9 cm³/mol. The Kier molecular flexibility index (Phi) is 2.16. The number of alkyl halides is 1. The number of rotatable bonds is 2. The highest BCUT2D eigenvalue weighted by Crippen LogP contribution is 2.29. The van der Waals surface area contributed by atoms with E-state index in [4.69, 9.17) is 4.74 Å². The molecule has 0 aromatic carbocycles. The van der Waals surface area contributed by atoms with Crippen LogP contribution in [-0.4, -0.2) is 17.3 Å². The summed E-state index contributed by atoms with van der Waals surface area (Å²) in [5.74, 6) is 0.520. The summed E-state index contributed by atoms with van der Waals surface area (Å²) in [5, 5.41) is 0. The molecule has 1 aromatic heterocycles. The Balaban J connectivity index is 2.03. The van der Waals surface area contributed by atoms with Crippen LogP contribution in [0.3, 0.4) is 0 Å². The fourth-order valence-corrected chi connectivity index (χ4v) is 1.30. The molecule has 0 amide bonds. The Morgan fingerprint density at radius 3 is 3.00 bits per heavy atom. The van der Waals surface area contributed by atoms with E-state index in [0.29, 0.717) is 12.3 Å². The third-order valence-corrected chi connectivity index (χ3v) is 2.30. The summed E-state index contributed by atoms with van der Waals surface area (Å²) in [6.45, 7) is 0. The van der Waals surface area contributed by atoms with E-state index in [1.54, 1.807) is 12.3 Å². The van der Waals surface area contributed by atoms with Gasteiger partial charge in [0.25, 0.3) is 0 Å². The van der Waals surface area contributed by atoms with Crippen molar-refractivity contribution in [1.29, 1.82) is 0 Å². The summed E-state index contributed by atoms with van der Waals surface area (Å²) in [6.07, 6.45) is 1.13. The van der Waals surface area contributed by atoms with Gasteiger partial charge in [-0.1, -0.05) is 0 Å². The van der Waals surface area contributed by atoms with Crippen LogP contribution >= 0.6 is 22.6 Å². The lowest BCUT2D eigenvalue weighted by atomic mass is 10.5. The molecule has 1 saturated carbocycles. The average molecular weight is 279 g/mol. The minimum Gasteiger partial charge on any atom is -0.471 e. The van der Waals surface area contributed by atoms with Crippen LogP contribution in [0.1, 0.15) is 6.42 Å². The maximum Gasteiger partial charge on any atom is 0.214 e. The number of ether oxygens (including phenoxy) is 1. The minimum absolute atomic E-state index is 0.254. The van der Waals surface area contributed by atoms with Crippen molar-refractivity contribution in [1.82, 2.24) is 4.98 Å². The third kappa shape index (κ3) is 1.85. The average Bonchev–Trinajstić information content (AvgIpc) is 2.66. The van der Waals surface area contributed by atoms with Crippen LogP contribution in [0, 0.1) is 3.57 Å². The lowest BCUT2D eigenvalue weighted by molar-refractivity contribution is 0.251. The van der Waals surface area contributed by atoms with E-state index in [0.717, 1.165) is 3.57 Å². The van der Waals surface area contributed by atoms with E-state index < -0.39 is 6.17 Å². The van der Waals surface area contributed by atoms with Crippen LogP contribution < -0.4 is 4.74 Å². The molecule has 0 bridgehead atoms. The predicted octanol–water partition coefficient (Wildman–Crippen LogP) is 2.18. The molecule has 2 atom stereocenters. The van der Waals surface area contributed by atoms with Gasteiger partial charge in [0.1, 0.15) is 12.3 Å². The Morgan fingerprint density at radius 1 is 1.67 bits per heavy atom. The highest BCUT2D eigenvalue weighted by atomic mass is 127. The first-order chi connectivity index (χ1) is 5.75. The van der Waals surface area contributed by atoms with Crippen molar-refractivity contribution in [2.75, 3.05) is 0 Å². The van der Waals surface area contributed by atoms with E-state index in [9.17, 15) is 4.39 Å². The summed E-state index contributed by atoms with van der Waals surface area (Å²) >= 11 is 2.16. The summed E-state index contributed by atoms with van der Waals surface area (Å²) in [6, 6.07) is 3.67. The van der Waals surface area contributed by atoms with Crippen LogP contribution in [0.4, 0.5) is 4.39 Å². The highest BCUT2D eigenvalue weighted by molar-refractivity contribution is 14.1. The van der Waals surface area contributed by atoms with Gasteiger partial charge in [0.2, 0.25) is 5.88 Å². The van der Waals surface area contributed by atoms with E-state index >= 15 is 0 Å². The zero-order valence-corrected chi connectivity index (χ0v) is 8.36. The van der Waals surface area contributed by atoms with Crippen molar-refractivity contribution in [3.05, 3.63) is 21.9 Å². The Labute approximate surface area is 83.3 Å². The number of pyridine rings is 1.